The molecule has 0 unspecified atom stereocenters. The average molecular weight is 415 g/mol. The van der Waals surface area contributed by atoms with Crippen molar-refractivity contribution in [2.24, 2.45) is 0 Å². The lowest BCUT2D eigenvalue weighted by Crippen LogP contribution is -2.15. The first-order chi connectivity index (χ1) is 11.8. The summed E-state index contributed by atoms with van der Waals surface area (Å²) >= 11 is 3.12. The fourth-order valence-electron chi connectivity index (χ4n) is 1.89. The summed E-state index contributed by atoms with van der Waals surface area (Å²) in [6.07, 6.45) is 2.46. The van der Waals surface area contributed by atoms with Crippen molar-refractivity contribution in [1.82, 2.24) is 0 Å². The number of Topliss-reactive ketones (excluding diaryl/α,β-unsaturated/α-hetero) is 1. The Labute approximate surface area is 150 Å². The minimum absolute atomic E-state index is 0.0768. The highest BCUT2D eigenvalue weighted by Gasteiger charge is 2.17. The molecule has 0 aliphatic heterocycles. The number of carbonyl (C=O) groups excluding carboxylic acids is 2. The zero-order chi connectivity index (χ0) is 18.4. The Morgan fingerprint density at radius 2 is 2.04 bits per heavy atom. The van der Waals surface area contributed by atoms with Crippen LogP contribution in [0.3, 0.4) is 0 Å². The summed E-state index contributed by atoms with van der Waals surface area (Å²) in [7, 11) is 0. The van der Waals surface area contributed by atoms with Crippen molar-refractivity contribution in [3.8, 4) is 5.75 Å². The number of furan rings is 1. The van der Waals surface area contributed by atoms with E-state index in [4.69, 9.17) is 9.15 Å². The van der Waals surface area contributed by atoms with Crippen molar-refractivity contribution in [3.05, 3.63) is 58.0 Å². The predicted octanol–water partition coefficient (Wildman–Crippen LogP) is 4.39. The van der Waals surface area contributed by atoms with E-state index in [9.17, 15) is 18.4 Å². The number of hydrogen-bond donors (Lipinski definition) is 0. The fourth-order valence-corrected chi connectivity index (χ4v) is 2.21. The molecule has 0 spiro atoms. The summed E-state index contributed by atoms with van der Waals surface area (Å²) in [6, 6.07) is 7.47. The van der Waals surface area contributed by atoms with E-state index < -0.39 is 25.0 Å². The van der Waals surface area contributed by atoms with E-state index in [1.165, 1.54) is 24.3 Å². The van der Waals surface area contributed by atoms with E-state index in [1.807, 2.05) is 0 Å². The van der Waals surface area contributed by atoms with Crippen molar-refractivity contribution < 1.29 is 32.3 Å². The number of halogens is 3. The van der Waals surface area contributed by atoms with Gasteiger partial charge in [-0.15, -0.1) is 0 Å². The van der Waals surface area contributed by atoms with Gasteiger partial charge in [-0.05, 0) is 53.2 Å². The Morgan fingerprint density at radius 3 is 2.68 bits per heavy atom. The van der Waals surface area contributed by atoms with Crippen LogP contribution < -0.4 is 4.74 Å². The zero-order valence-electron chi connectivity index (χ0n) is 13.0. The standard InChI is InChI=1S/C17H13BrF2O5/c1-10-2-5-14(25-17(19)20)12(8-10)13(21)9-23-16(22)7-4-11-3-6-15(18)24-11/h2-8,17H,9H2,1H3/b7-4+. The number of ether oxygens (including phenoxy) is 2. The number of ketones is 1. The van der Waals surface area contributed by atoms with Crippen molar-refractivity contribution in [3.63, 3.8) is 0 Å². The van der Waals surface area contributed by atoms with E-state index in [2.05, 4.69) is 20.7 Å². The number of aryl methyl sites for hydroxylation is 1. The van der Waals surface area contributed by atoms with Crippen molar-refractivity contribution in [2.45, 2.75) is 13.5 Å². The summed E-state index contributed by atoms with van der Waals surface area (Å²) in [5.41, 5.74) is 0.603. The van der Waals surface area contributed by atoms with E-state index >= 15 is 0 Å². The molecule has 132 valence electrons. The van der Waals surface area contributed by atoms with E-state index in [0.29, 0.717) is 16.0 Å². The summed E-state index contributed by atoms with van der Waals surface area (Å²) in [4.78, 5) is 23.8. The third-order valence-corrected chi connectivity index (χ3v) is 3.40. The van der Waals surface area contributed by atoms with Crippen LogP contribution in [0, 0.1) is 6.92 Å². The number of esters is 1. The second kappa shape index (κ2) is 8.57. The summed E-state index contributed by atoms with van der Waals surface area (Å²) < 4.78 is 39.6. The maximum atomic E-state index is 12.4. The number of carbonyl (C=O) groups is 2. The first kappa shape index (κ1) is 18.9. The van der Waals surface area contributed by atoms with Crippen LogP contribution in [0.1, 0.15) is 21.7 Å². The Hall–Kier alpha value is -2.48. The number of benzene rings is 1. The highest BCUT2D eigenvalue weighted by Crippen LogP contribution is 2.23. The number of alkyl halides is 2. The van der Waals surface area contributed by atoms with Gasteiger partial charge in [-0.2, -0.15) is 8.78 Å². The maximum Gasteiger partial charge on any atom is 0.387 e. The number of hydrogen-bond acceptors (Lipinski definition) is 5. The molecular weight excluding hydrogens is 402 g/mol. The Balaban J connectivity index is 1.98. The van der Waals surface area contributed by atoms with E-state index in [-0.39, 0.29) is 11.3 Å². The topological polar surface area (TPSA) is 65.7 Å². The van der Waals surface area contributed by atoms with Gasteiger partial charge < -0.3 is 13.9 Å². The van der Waals surface area contributed by atoms with Crippen LogP contribution in [0.5, 0.6) is 5.75 Å². The number of rotatable bonds is 7. The molecule has 0 aliphatic carbocycles. The molecule has 0 bridgehead atoms. The van der Waals surface area contributed by atoms with Gasteiger partial charge in [-0.1, -0.05) is 11.6 Å². The molecule has 25 heavy (non-hydrogen) atoms. The Kier molecular flexibility index (Phi) is 6.46. The van der Waals surface area contributed by atoms with Crippen LogP contribution in [-0.4, -0.2) is 25.0 Å². The predicted molar refractivity (Wildman–Crippen MR) is 88.5 cm³/mol. The van der Waals surface area contributed by atoms with Crippen LogP contribution in [0.4, 0.5) is 8.78 Å². The van der Waals surface area contributed by atoms with Gasteiger partial charge in [-0.25, -0.2) is 4.79 Å². The lowest BCUT2D eigenvalue weighted by molar-refractivity contribution is -0.136. The molecule has 0 aliphatic rings. The largest absolute Gasteiger partial charge is 0.454 e. The molecule has 1 aromatic heterocycles. The van der Waals surface area contributed by atoms with Crippen molar-refractivity contribution in [2.75, 3.05) is 6.61 Å². The summed E-state index contributed by atoms with van der Waals surface area (Å²) in [6.45, 7) is -1.97. The zero-order valence-corrected chi connectivity index (χ0v) is 14.6. The third-order valence-electron chi connectivity index (χ3n) is 2.97. The Morgan fingerprint density at radius 1 is 1.28 bits per heavy atom. The minimum atomic E-state index is -3.06. The first-order valence-electron chi connectivity index (χ1n) is 7.04. The molecule has 0 saturated carbocycles. The molecule has 1 heterocycles. The van der Waals surface area contributed by atoms with Gasteiger partial charge in [0.2, 0.25) is 5.78 Å². The van der Waals surface area contributed by atoms with Crippen LogP contribution in [0.25, 0.3) is 6.08 Å². The normalized spacial score (nSPS) is 11.1. The average Bonchev–Trinajstić information content (AvgIpc) is 2.97. The highest BCUT2D eigenvalue weighted by molar-refractivity contribution is 9.10. The van der Waals surface area contributed by atoms with Gasteiger partial charge in [-0.3, -0.25) is 4.79 Å². The molecular formula is C17H13BrF2O5. The first-order valence-corrected chi connectivity index (χ1v) is 7.83. The van der Waals surface area contributed by atoms with Crippen LogP contribution >= 0.6 is 15.9 Å². The summed E-state index contributed by atoms with van der Waals surface area (Å²) in [5, 5.41) is 0. The molecule has 0 fully saturated rings. The minimum Gasteiger partial charge on any atom is -0.454 e. The third kappa shape index (κ3) is 5.82. The fraction of sp³-hybridized carbons (Fsp3) is 0.176. The van der Waals surface area contributed by atoms with Gasteiger partial charge in [0, 0.05) is 6.08 Å². The van der Waals surface area contributed by atoms with Gasteiger partial charge in [0.15, 0.2) is 11.3 Å². The van der Waals surface area contributed by atoms with Gasteiger partial charge in [0.25, 0.3) is 0 Å². The monoisotopic (exact) mass is 414 g/mol. The molecule has 1 aromatic carbocycles. The van der Waals surface area contributed by atoms with E-state index in [0.717, 1.165) is 6.08 Å². The quantitative estimate of drug-likeness (QED) is 0.381. The molecule has 0 amide bonds. The van der Waals surface area contributed by atoms with Crippen molar-refractivity contribution >= 4 is 33.8 Å². The maximum absolute atomic E-state index is 12.4. The molecule has 5 nitrogen and oxygen atoms in total. The molecule has 0 atom stereocenters. The summed E-state index contributed by atoms with van der Waals surface area (Å²) in [5.74, 6) is -1.27. The molecule has 8 heteroatoms. The van der Waals surface area contributed by atoms with Crippen molar-refractivity contribution in [1.29, 1.82) is 0 Å². The van der Waals surface area contributed by atoms with Gasteiger partial charge >= 0.3 is 12.6 Å². The van der Waals surface area contributed by atoms with E-state index in [1.54, 1.807) is 19.1 Å². The van der Waals surface area contributed by atoms with Crippen LogP contribution in [0.2, 0.25) is 0 Å². The molecule has 0 N–H and O–H groups in total. The van der Waals surface area contributed by atoms with Gasteiger partial charge in [0.1, 0.15) is 11.5 Å². The molecule has 0 saturated heterocycles. The molecule has 2 aromatic rings. The molecule has 2 rings (SSSR count). The second-order valence-electron chi connectivity index (χ2n) is 4.88. The smallest absolute Gasteiger partial charge is 0.387 e. The lowest BCUT2D eigenvalue weighted by atomic mass is 10.1. The van der Waals surface area contributed by atoms with Crippen LogP contribution in [0.15, 0.2) is 45.5 Å². The SMILES string of the molecule is Cc1ccc(OC(F)F)c(C(=O)COC(=O)/C=C/c2ccc(Br)o2)c1. The Bertz CT molecular complexity index is 798. The molecule has 0 radical (unpaired) electrons. The lowest BCUT2D eigenvalue weighted by Gasteiger charge is -2.10. The van der Waals surface area contributed by atoms with Gasteiger partial charge in [0.05, 0.1) is 5.56 Å². The second-order valence-corrected chi connectivity index (χ2v) is 5.67. The highest BCUT2D eigenvalue weighted by atomic mass is 79.9. The van der Waals surface area contributed by atoms with Crippen LogP contribution in [-0.2, 0) is 9.53 Å².